The zero-order valence-corrected chi connectivity index (χ0v) is 22.0. The molecule has 1 aliphatic carbocycles. The zero-order valence-electron chi connectivity index (χ0n) is 21.3. The van der Waals surface area contributed by atoms with Crippen LogP contribution in [0.15, 0.2) is 60.8 Å². The highest BCUT2D eigenvalue weighted by molar-refractivity contribution is 6.29. The molecule has 0 spiro atoms. The van der Waals surface area contributed by atoms with Gasteiger partial charge in [0.15, 0.2) is 0 Å². The molecule has 0 bridgehead atoms. The highest BCUT2D eigenvalue weighted by Crippen LogP contribution is 2.41. The summed E-state index contributed by atoms with van der Waals surface area (Å²) in [4.78, 5) is 8.72. The van der Waals surface area contributed by atoms with E-state index in [4.69, 9.17) is 17.3 Å². The SMILES string of the molecule is Nc1nc(Cl)nc2c1c(-c1ccccc1)cn2[C@@H]1C[C@H](CNCCCNCCc2ccc(F)cc2)[C@@H](O)C1. The number of fused-ring (bicyclic) bond motifs is 1. The van der Waals surface area contributed by atoms with Gasteiger partial charge >= 0.3 is 0 Å². The first-order valence-corrected chi connectivity index (χ1v) is 13.6. The fourth-order valence-electron chi connectivity index (χ4n) is 5.42. The number of hydrogen-bond donors (Lipinski definition) is 4. The van der Waals surface area contributed by atoms with Gasteiger partial charge in [0, 0.05) is 24.3 Å². The van der Waals surface area contributed by atoms with Crippen molar-refractivity contribution in [3.63, 3.8) is 0 Å². The van der Waals surface area contributed by atoms with Gasteiger partial charge in [-0.05, 0) is 86.1 Å². The van der Waals surface area contributed by atoms with Crippen LogP contribution in [-0.4, -0.2) is 51.9 Å². The Morgan fingerprint density at radius 1 is 1.00 bits per heavy atom. The van der Waals surface area contributed by atoms with Crippen molar-refractivity contribution in [3.05, 3.63) is 77.5 Å². The minimum Gasteiger partial charge on any atom is -0.393 e. The Hall–Kier alpha value is -3.04. The largest absolute Gasteiger partial charge is 0.393 e. The van der Waals surface area contributed by atoms with Gasteiger partial charge in [-0.2, -0.15) is 4.98 Å². The summed E-state index contributed by atoms with van der Waals surface area (Å²) in [6.07, 6.45) is 5.04. The molecule has 7 nitrogen and oxygen atoms in total. The van der Waals surface area contributed by atoms with E-state index in [9.17, 15) is 9.50 Å². The van der Waals surface area contributed by atoms with Gasteiger partial charge < -0.3 is 26.0 Å². The Kier molecular flexibility index (Phi) is 8.54. The van der Waals surface area contributed by atoms with Crippen LogP contribution in [-0.2, 0) is 6.42 Å². The third kappa shape index (κ3) is 6.15. The van der Waals surface area contributed by atoms with Crippen molar-refractivity contribution >= 4 is 28.5 Å². The van der Waals surface area contributed by atoms with Crippen molar-refractivity contribution in [3.8, 4) is 11.1 Å². The van der Waals surface area contributed by atoms with E-state index >= 15 is 0 Å². The summed E-state index contributed by atoms with van der Waals surface area (Å²) in [6.45, 7) is 3.41. The molecule has 3 atom stereocenters. The minimum absolute atomic E-state index is 0.0928. The van der Waals surface area contributed by atoms with Crippen LogP contribution in [0.1, 0.15) is 30.9 Å². The van der Waals surface area contributed by atoms with Crippen LogP contribution >= 0.6 is 11.6 Å². The van der Waals surface area contributed by atoms with E-state index in [-0.39, 0.29) is 23.1 Å². The molecule has 2 heterocycles. The second-order valence-electron chi connectivity index (χ2n) is 10.0. The second kappa shape index (κ2) is 12.2. The van der Waals surface area contributed by atoms with E-state index in [1.165, 1.54) is 12.1 Å². The number of aliphatic hydroxyl groups is 1. The van der Waals surface area contributed by atoms with Crippen molar-refractivity contribution in [2.24, 2.45) is 5.92 Å². The first kappa shape index (κ1) is 26.6. The lowest BCUT2D eigenvalue weighted by Gasteiger charge is -2.15. The third-order valence-corrected chi connectivity index (χ3v) is 7.57. The van der Waals surface area contributed by atoms with Crippen LogP contribution in [0, 0.1) is 11.7 Å². The molecule has 0 aliphatic heterocycles. The van der Waals surface area contributed by atoms with Crippen molar-refractivity contribution in [2.45, 2.75) is 37.8 Å². The van der Waals surface area contributed by atoms with Gasteiger partial charge in [-0.3, -0.25) is 0 Å². The number of hydrogen-bond acceptors (Lipinski definition) is 6. The molecule has 0 unspecified atom stereocenters. The molecule has 38 heavy (non-hydrogen) atoms. The highest BCUT2D eigenvalue weighted by Gasteiger charge is 2.35. The van der Waals surface area contributed by atoms with E-state index in [0.29, 0.717) is 17.9 Å². The number of rotatable bonds is 11. The molecule has 200 valence electrons. The number of nitrogens with one attached hydrogen (secondary N) is 2. The average molecular weight is 537 g/mol. The van der Waals surface area contributed by atoms with Gasteiger partial charge in [-0.25, -0.2) is 9.37 Å². The smallest absolute Gasteiger partial charge is 0.226 e. The standard InChI is InChI=1S/C29H34ClFN6O/c30-29-35-27(32)26-24(20-5-2-1-3-6-20)18-37(28(26)36-29)23-15-21(25(38)16-23)17-34-13-4-12-33-14-11-19-7-9-22(31)10-8-19/h1-3,5-10,18,21,23,25,33-34,38H,4,11-17H2,(H2,32,35,36)/t21-,23-,25+/m1/s1. The van der Waals surface area contributed by atoms with Gasteiger partial charge in [0.05, 0.1) is 11.5 Å². The Bertz CT molecular complexity index is 1350. The first-order valence-electron chi connectivity index (χ1n) is 13.2. The molecule has 5 N–H and O–H groups in total. The molecular formula is C29H34ClFN6O. The van der Waals surface area contributed by atoms with E-state index in [0.717, 1.165) is 67.5 Å². The fourth-order valence-corrected chi connectivity index (χ4v) is 5.59. The van der Waals surface area contributed by atoms with Crippen LogP contribution in [0.3, 0.4) is 0 Å². The number of aliphatic hydroxyl groups excluding tert-OH is 1. The van der Waals surface area contributed by atoms with E-state index in [2.05, 4.69) is 31.4 Å². The summed E-state index contributed by atoms with van der Waals surface area (Å²) < 4.78 is 15.1. The predicted molar refractivity (Wildman–Crippen MR) is 151 cm³/mol. The maximum atomic E-state index is 13.0. The lowest BCUT2D eigenvalue weighted by atomic mass is 10.1. The van der Waals surface area contributed by atoms with Crippen molar-refractivity contribution in [2.75, 3.05) is 31.9 Å². The predicted octanol–water partition coefficient (Wildman–Crippen LogP) is 4.60. The first-order chi connectivity index (χ1) is 18.5. The fraction of sp³-hybridized carbons (Fsp3) is 0.379. The summed E-state index contributed by atoms with van der Waals surface area (Å²) in [5.41, 5.74) is 10.1. The van der Waals surface area contributed by atoms with E-state index in [1.54, 1.807) is 0 Å². The summed E-state index contributed by atoms with van der Waals surface area (Å²) in [7, 11) is 0. The summed E-state index contributed by atoms with van der Waals surface area (Å²) in [6, 6.07) is 16.8. The molecule has 0 radical (unpaired) electrons. The molecule has 5 rings (SSSR count). The van der Waals surface area contributed by atoms with Gasteiger partial charge in [0.2, 0.25) is 5.28 Å². The number of benzene rings is 2. The van der Waals surface area contributed by atoms with Crippen LogP contribution in [0.25, 0.3) is 22.2 Å². The normalized spacial score (nSPS) is 19.4. The molecule has 1 aliphatic rings. The average Bonchev–Trinajstić information content (AvgIpc) is 3.47. The lowest BCUT2D eigenvalue weighted by molar-refractivity contribution is 0.130. The van der Waals surface area contributed by atoms with Crippen LogP contribution in [0.2, 0.25) is 5.28 Å². The highest BCUT2D eigenvalue weighted by atomic mass is 35.5. The van der Waals surface area contributed by atoms with Crippen molar-refractivity contribution in [1.82, 2.24) is 25.2 Å². The van der Waals surface area contributed by atoms with Crippen LogP contribution < -0.4 is 16.4 Å². The Balaban J connectivity index is 1.14. The third-order valence-electron chi connectivity index (χ3n) is 7.40. The lowest BCUT2D eigenvalue weighted by Crippen LogP contribution is -2.30. The van der Waals surface area contributed by atoms with Gasteiger partial charge in [0.1, 0.15) is 17.3 Å². The molecule has 0 amide bonds. The number of halogens is 2. The van der Waals surface area contributed by atoms with Crippen molar-refractivity contribution < 1.29 is 9.50 Å². The van der Waals surface area contributed by atoms with Crippen molar-refractivity contribution in [1.29, 1.82) is 0 Å². The maximum Gasteiger partial charge on any atom is 0.226 e. The van der Waals surface area contributed by atoms with Gasteiger partial charge in [-0.1, -0.05) is 42.5 Å². The second-order valence-corrected chi connectivity index (χ2v) is 10.4. The maximum absolute atomic E-state index is 13.0. The molecule has 0 saturated heterocycles. The summed E-state index contributed by atoms with van der Waals surface area (Å²) in [5, 5.41) is 18.7. The number of nitrogens with two attached hydrogens (primary N) is 1. The molecule has 2 aromatic carbocycles. The van der Waals surface area contributed by atoms with Crippen LogP contribution in [0.5, 0.6) is 0 Å². The van der Waals surface area contributed by atoms with E-state index in [1.807, 2.05) is 42.5 Å². The minimum atomic E-state index is -0.395. The number of nitrogens with zero attached hydrogens (tertiary/aromatic N) is 3. The summed E-state index contributed by atoms with van der Waals surface area (Å²) >= 11 is 6.19. The van der Waals surface area contributed by atoms with Crippen LogP contribution in [0.4, 0.5) is 10.2 Å². The molecule has 9 heteroatoms. The molecule has 4 aromatic rings. The Morgan fingerprint density at radius 2 is 1.76 bits per heavy atom. The van der Waals surface area contributed by atoms with E-state index < -0.39 is 6.10 Å². The number of anilines is 1. The topological polar surface area (TPSA) is 101 Å². The number of nitrogen functional groups attached to an aromatic ring is 1. The van der Waals surface area contributed by atoms with Gasteiger partial charge in [-0.15, -0.1) is 0 Å². The Labute approximate surface area is 227 Å². The van der Waals surface area contributed by atoms with Gasteiger partial charge in [0.25, 0.3) is 0 Å². The molecule has 1 saturated carbocycles. The molecule has 2 aromatic heterocycles. The quantitative estimate of drug-likeness (QED) is 0.165. The Morgan fingerprint density at radius 3 is 2.55 bits per heavy atom. The summed E-state index contributed by atoms with van der Waals surface area (Å²) in [5.74, 6) is 0.313. The number of aromatic nitrogens is 3. The zero-order chi connectivity index (χ0) is 26.5. The molecular weight excluding hydrogens is 503 g/mol. The monoisotopic (exact) mass is 536 g/mol. The molecule has 1 fully saturated rings.